The van der Waals surface area contributed by atoms with Gasteiger partial charge >= 0.3 is 11.9 Å². The lowest BCUT2D eigenvalue weighted by Gasteiger charge is -2.11. The Morgan fingerprint density at radius 1 is 0.893 bits per heavy atom. The third-order valence-corrected chi connectivity index (χ3v) is 4.26. The zero-order valence-electron chi connectivity index (χ0n) is 15.5. The third-order valence-electron chi connectivity index (χ3n) is 4.26. The number of hydrogen-bond donors (Lipinski definition) is 2. The fourth-order valence-corrected chi connectivity index (χ4v) is 2.66. The molecule has 5 heteroatoms. The molecular weight excluding hydrogens is 356 g/mol. The van der Waals surface area contributed by atoms with Crippen LogP contribution in [0.1, 0.15) is 17.5 Å². The molecule has 0 amide bonds. The zero-order valence-corrected chi connectivity index (χ0v) is 15.5. The predicted octanol–water partition coefficient (Wildman–Crippen LogP) is 4.34. The first-order valence-corrected chi connectivity index (χ1v) is 9.00. The van der Waals surface area contributed by atoms with Crippen molar-refractivity contribution in [2.75, 3.05) is 0 Å². The predicted molar refractivity (Wildman–Crippen MR) is 107 cm³/mol. The first kappa shape index (κ1) is 21.0. The number of carboxylic acid groups (broad SMARTS) is 2. The summed E-state index contributed by atoms with van der Waals surface area (Å²) in [4.78, 5) is 22.7. The number of ether oxygens (including phenoxy) is 1. The third kappa shape index (κ3) is 6.76. The van der Waals surface area contributed by atoms with Gasteiger partial charge < -0.3 is 14.9 Å². The van der Waals surface area contributed by atoms with Gasteiger partial charge in [-0.3, -0.25) is 9.59 Å². The molecule has 0 fully saturated rings. The summed E-state index contributed by atoms with van der Waals surface area (Å²) in [7, 11) is 0. The van der Waals surface area contributed by atoms with Crippen molar-refractivity contribution in [1.29, 1.82) is 0 Å². The van der Waals surface area contributed by atoms with Crippen molar-refractivity contribution in [3.63, 3.8) is 0 Å². The van der Waals surface area contributed by atoms with Gasteiger partial charge in [0.1, 0.15) is 12.4 Å². The molecule has 0 saturated carbocycles. The first-order valence-electron chi connectivity index (χ1n) is 9.00. The largest absolute Gasteiger partial charge is 0.489 e. The Hall–Kier alpha value is -3.34. The summed E-state index contributed by atoms with van der Waals surface area (Å²) >= 11 is 0. The van der Waals surface area contributed by atoms with Gasteiger partial charge in [0.2, 0.25) is 0 Å². The Labute approximate surface area is 164 Å². The van der Waals surface area contributed by atoms with Crippen LogP contribution >= 0.6 is 0 Å². The van der Waals surface area contributed by atoms with Crippen LogP contribution < -0.4 is 4.74 Å². The molecule has 0 aliphatic heterocycles. The molecule has 146 valence electrons. The van der Waals surface area contributed by atoms with Crippen LogP contribution in [0, 0.1) is 11.8 Å². The van der Waals surface area contributed by atoms with E-state index in [1.54, 1.807) is 12.1 Å². The molecule has 5 nitrogen and oxygen atoms in total. The highest BCUT2D eigenvalue weighted by molar-refractivity contribution is 5.74. The fourth-order valence-electron chi connectivity index (χ4n) is 2.66. The number of carbonyl (C=O) groups is 2. The number of aliphatic carboxylic acids is 2. The standard InChI is InChI=1S/C23H24O5/c1-2-6-19(22(24)25)11-12-20(23(26)27)15-17-9-13-21(14-10-17)28-16-18-7-4-3-5-8-18/h2-5,7-14,19-20H,1,6,15-16H2,(H,24,25)(H,26,27). The normalized spacial score (nSPS) is 13.0. The van der Waals surface area contributed by atoms with Gasteiger partial charge in [-0.05, 0) is 36.1 Å². The lowest BCUT2D eigenvalue weighted by molar-refractivity contribution is -0.141. The molecule has 0 radical (unpaired) electrons. The highest BCUT2D eigenvalue weighted by Gasteiger charge is 2.18. The Kier molecular flexibility index (Phi) is 8.03. The smallest absolute Gasteiger partial charge is 0.310 e. The number of allylic oxidation sites excluding steroid dienone is 1. The summed E-state index contributed by atoms with van der Waals surface area (Å²) in [6, 6.07) is 17.1. The van der Waals surface area contributed by atoms with Crippen molar-refractivity contribution in [3.05, 3.63) is 90.5 Å². The van der Waals surface area contributed by atoms with Gasteiger partial charge in [0.15, 0.2) is 0 Å². The Morgan fingerprint density at radius 2 is 1.50 bits per heavy atom. The minimum atomic E-state index is -1.000. The zero-order chi connectivity index (χ0) is 20.4. The van der Waals surface area contributed by atoms with E-state index in [-0.39, 0.29) is 12.8 Å². The Bertz CT molecular complexity index is 809. The second-order valence-electron chi connectivity index (χ2n) is 6.42. The van der Waals surface area contributed by atoms with Crippen LogP contribution in [-0.4, -0.2) is 22.2 Å². The molecule has 0 aromatic heterocycles. The maximum absolute atomic E-state index is 11.5. The number of benzene rings is 2. The summed E-state index contributed by atoms with van der Waals surface area (Å²) in [6.45, 7) is 3.99. The van der Waals surface area contributed by atoms with Crippen molar-refractivity contribution >= 4 is 11.9 Å². The van der Waals surface area contributed by atoms with E-state index < -0.39 is 23.8 Å². The van der Waals surface area contributed by atoms with Gasteiger partial charge in [-0.1, -0.05) is 60.7 Å². The first-order chi connectivity index (χ1) is 13.5. The van der Waals surface area contributed by atoms with Crippen LogP contribution in [0.3, 0.4) is 0 Å². The second-order valence-corrected chi connectivity index (χ2v) is 6.42. The van der Waals surface area contributed by atoms with Crippen LogP contribution in [0.25, 0.3) is 0 Å². The van der Waals surface area contributed by atoms with E-state index in [9.17, 15) is 14.7 Å². The van der Waals surface area contributed by atoms with Crippen molar-refractivity contribution < 1.29 is 24.5 Å². The molecule has 0 heterocycles. The molecule has 2 unspecified atom stereocenters. The van der Waals surface area contributed by atoms with E-state index in [0.717, 1.165) is 11.1 Å². The molecule has 2 atom stereocenters. The minimum absolute atomic E-state index is 0.256. The van der Waals surface area contributed by atoms with E-state index >= 15 is 0 Å². The minimum Gasteiger partial charge on any atom is -0.489 e. The van der Waals surface area contributed by atoms with Gasteiger partial charge in [0.25, 0.3) is 0 Å². The highest BCUT2D eigenvalue weighted by atomic mass is 16.5. The van der Waals surface area contributed by atoms with E-state index in [0.29, 0.717) is 12.4 Å². The van der Waals surface area contributed by atoms with Gasteiger partial charge in [0, 0.05) is 0 Å². The lowest BCUT2D eigenvalue weighted by atomic mass is 9.96. The van der Waals surface area contributed by atoms with Gasteiger partial charge in [-0.25, -0.2) is 0 Å². The van der Waals surface area contributed by atoms with Crippen molar-refractivity contribution in [3.8, 4) is 5.75 Å². The number of rotatable bonds is 11. The van der Waals surface area contributed by atoms with Crippen LogP contribution in [0.5, 0.6) is 5.75 Å². The summed E-state index contributed by atoms with van der Waals surface area (Å²) in [5.74, 6) is -2.87. The summed E-state index contributed by atoms with van der Waals surface area (Å²) in [5.41, 5.74) is 1.90. The molecule has 2 N–H and O–H groups in total. The second kappa shape index (κ2) is 10.7. The maximum Gasteiger partial charge on any atom is 0.310 e. The molecule has 0 saturated heterocycles. The molecule has 28 heavy (non-hydrogen) atoms. The molecule has 0 bridgehead atoms. The van der Waals surface area contributed by atoms with E-state index in [1.165, 1.54) is 18.2 Å². The molecule has 0 aliphatic carbocycles. The molecule has 0 spiro atoms. The number of hydrogen-bond acceptors (Lipinski definition) is 3. The fraction of sp³-hybridized carbons (Fsp3) is 0.217. The molecule has 2 aromatic carbocycles. The average Bonchev–Trinajstić information content (AvgIpc) is 2.69. The molecule has 2 aromatic rings. The molecular formula is C23H24O5. The van der Waals surface area contributed by atoms with Crippen molar-refractivity contribution in [2.24, 2.45) is 11.8 Å². The molecule has 0 aliphatic rings. The topological polar surface area (TPSA) is 83.8 Å². The quantitative estimate of drug-likeness (QED) is 0.567. The van der Waals surface area contributed by atoms with E-state index in [4.69, 9.17) is 9.84 Å². The lowest BCUT2D eigenvalue weighted by Crippen LogP contribution is -2.16. The summed E-state index contributed by atoms with van der Waals surface area (Å²) < 4.78 is 5.73. The van der Waals surface area contributed by atoms with Gasteiger partial charge in [0.05, 0.1) is 11.8 Å². The maximum atomic E-state index is 11.5. The van der Waals surface area contributed by atoms with Gasteiger partial charge in [-0.15, -0.1) is 6.58 Å². The van der Waals surface area contributed by atoms with Crippen LogP contribution in [0.4, 0.5) is 0 Å². The average molecular weight is 380 g/mol. The highest BCUT2D eigenvalue weighted by Crippen LogP contribution is 2.18. The van der Waals surface area contributed by atoms with E-state index in [1.807, 2.05) is 42.5 Å². The van der Waals surface area contributed by atoms with Crippen LogP contribution in [0.15, 0.2) is 79.4 Å². The summed E-state index contributed by atoms with van der Waals surface area (Å²) in [6.07, 6.45) is 4.91. The Balaban J connectivity index is 1.98. The SMILES string of the molecule is C=CCC(C=CC(Cc1ccc(OCc2ccccc2)cc1)C(=O)O)C(=O)O. The Morgan fingerprint density at radius 3 is 2.07 bits per heavy atom. The van der Waals surface area contributed by atoms with Crippen LogP contribution in [0.2, 0.25) is 0 Å². The monoisotopic (exact) mass is 380 g/mol. The van der Waals surface area contributed by atoms with Crippen molar-refractivity contribution in [1.82, 2.24) is 0 Å². The number of carboxylic acids is 2. The van der Waals surface area contributed by atoms with E-state index in [2.05, 4.69) is 6.58 Å². The summed E-state index contributed by atoms with van der Waals surface area (Å²) in [5, 5.41) is 18.6. The molecule has 2 rings (SSSR count). The van der Waals surface area contributed by atoms with Crippen molar-refractivity contribution in [2.45, 2.75) is 19.4 Å². The van der Waals surface area contributed by atoms with Gasteiger partial charge in [-0.2, -0.15) is 0 Å². The van der Waals surface area contributed by atoms with Crippen LogP contribution in [-0.2, 0) is 22.6 Å².